The van der Waals surface area contributed by atoms with Gasteiger partial charge in [0.1, 0.15) is 18.1 Å². The molecule has 2 rings (SSSR count). The van der Waals surface area contributed by atoms with E-state index in [4.69, 9.17) is 20.7 Å². The number of hydrogen-bond donors (Lipinski definition) is 4. The molecular formula is C15H25N3O5. The van der Waals surface area contributed by atoms with Gasteiger partial charge in [0.05, 0.1) is 12.7 Å². The van der Waals surface area contributed by atoms with Crippen molar-refractivity contribution in [2.24, 2.45) is 5.92 Å². The maximum atomic E-state index is 12.1. The van der Waals surface area contributed by atoms with Crippen molar-refractivity contribution in [3.63, 3.8) is 0 Å². The first kappa shape index (κ1) is 17.9. The van der Waals surface area contributed by atoms with Crippen LogP contribution in [0.4, 0.5) is 5.82 Å². The molecule has 0 aromatic carbocycles. The van der Waals surface area contributed by atoms with Gasteiger partial charge in [0, 0.05) is 24.8 Å². The molecule has 1 aliphatic heterocycles. The second-order valence-electron chi connectivity index (χ2n) is 6.13. The molecule has 0 spiro atoms. The van der Waals surface area contributed by atoms with Crippen molar-refractivity contribution in [2.75, 3.05) is 18.9 Å². The predicted molar refractivity (Wildman–Crippen MR) is 83.7 cm³/mol. The molecular weight excluding hydrogens is 302 g/mol. The number of aliphatic hydroxyl groups excluding tert-OH is 3. The van der Waals surface area contributed by atoms with Crippen LogP contribution in [0.1, 0.15) is 38.0 Å². The maximum absolute atomic E-state index is 12.1. The van der Waals surface area contributed by atoms with Crippen molar-refractivity contribution >= 4 is 5.82 Å². The number of anilines is 1. The largest absolute Gasteiger partial charge is 0.396 e. The van der Waals surface area contributed by atoms with Crippen LogP contribution in [0, 0.1) is 5.92 Å². The van der Waals surface area contributed by atoms with E-state index in [2.05, 4.69) is 4.98 Å². The van der Waals surface area contributed by atoms with Crippen LogP contribution >= 0.6 is 0 Å². The van der Waals surface area contributed by atoms with Gasteiger partial charge >= 0.3 is 5.69 Å². The molecule has 1 aromatic rings. The summed E-state index contributed by atoms with van der Waals surface area (Å²) >= 11 is 0. The fourth-order valence-corrected chi connectivity index (χ4v) is 2.85. The van der Waals surface area contributed by atoms with Crippen molar-refractivity contribution in [1.82, 2.24) is 9.55 Å². The van der Waals surface area contributed by atoms with Crippen molar-refractivity contribution < 1.29 is 20.1 Å². The molecule has 0 amide bonds. The van der Waals surface area contributed by atoms with Gasteiger partial charge < -0.3 is 25.8 Å². The van der Waals surface area contributed by atoms with Crippen LogP contribution in [-0.2, 0) is 11.2 Å². The van der Waals surface area contributed by atoms with E-state index < -0.39 is 24.1 Å². The second kappa shape index (κ2) is 7.87. The van der Waals surface area contributed by atoms with Crippen molar-refractivity contribution in [1.29, 1.82) is 0 Å². The Hall–Kier alpha value is -1.48. The molecule has 1 saturated heterocycles. The molecule has 23 heavy (non-hydrogen) atoms. The summed E-state index contributed by atoms with van der Waals surface area (Å²) in [7, 11) is 0. The summed E-state index contributed by atoms with van der Waals surface area (Å²) in [6, 6.07) is 0. The molecule has 0 bridgehead atoms. The topological polar surface area (TPSA) is 131 Å². The van der Waals surface area contributed by atoms with E-state index in [-0.39, 0.29) is 31.4 Å². The lowest BCUT2D eigenvalue weighted by Crippen LogP contribution is -2.29. The third kappa shape index (κ3) is 4.29. The summed E-state index contributed by atoms with van der Waals surface area (Å²) in [4.78, 5) is 15.9. The Labute approximate surface area is 134 Å². The Morgan fingerprint density at radius 2 is 2.26 bits per heavy atom. The molecule has 0 aliphatic carbocycles. The minimum Gasteiger partial charge on any atom is -0.396 e. The third-order valence-electron chi connectivity index (χ3n) is 4.18. The number of ether oxygens (including phenoxy) is 1. The lowest BCUT2D eigenvalue weighted by Gasteiger charge is -2.17. The van der Waals surface area contributed by atoms with E-state index in [0.29, 0.717) is 12.8 Å². The monoisotopic (exact) mass is 327 g/mol. The smallest absolute Gasteiger partial charge is 0.351 e. The molecule has 0 radical (unpaired) electrons. The van der Waals surface area contributed by atoms with Crippen LogP contribution in [0.2, 0.25) is 0 Å². The van der Waals surface area contributed by atoms with E-state index in [1.807, 2.05) is 6.92 Å². The highest BCUT2D eigenvalue weighted by molar-refractivity contribution is 5.37. The lowest BCUT2D eigenvalue weighted by atomic mass is 9.98. The molecule has 1 fully saturated rings. The Kier molecular flexibility index (Phi) is 6.11. The first-order valence-corrected chi connectivity index (χ1v) is 7.89. The lowest BCUT2D eigenvalue weighted by molar-refractivity contribution is -0.0459. The van der Waals surface area contributed by atoms with Crippen molar-refractivity contribution in [3.8, 4) is 0 Å². The molecule has 2 heterocycles. The number of nitrogens with zero attached hydrogens (tertiary/aromatic N) is 2. The van der Waals surface area contributed by atoms with Gasteiger partial charge in [0.25, 0.3) is 0 Å². The Morgan fingerprint density at radius 1 is 1.52 bits per heavy atom. The van der Waals surface area contributed by atoms with E-state index in [1.54, 1.807) is 6.20 Å². The number of aromatic nitrogens is 2. The highest BCUT2D eigenvalue weighted by atomic mass is 16.5. The van der Waals surface area contributed by atoms with Crippen LogP contribution in [0.15, 0.2) is 11.0 Å². The SMILES string of the molecule is CC(CCCO)Cc1cn([C@H]2CC(O)[C@@H](CO)O2)c(=O)nc1N. The molecule has 5 N–H and O–H groups in total. The molecule has 4 atom stereocenters. The number of nitrogen functional groups attached to an aromatic ring is 1. The normalized spacial score (nSPS) is 25.7. The van der Waals surface area contributed by atoms with Crippen LogP contribution in [0.3, 0.4) is 0 Å². The number of aliphatic hydroxyl groups is 3. The van der Waals surface area contributed by atoms with Gasteiger partial charge in [-0.25, -0.2) is 4.79 Å². The van der Waals surface area contributed by atoms with E-state index in [0.717, 1.165) is 12.0 Å². The summed E-state index contributed by atoms with van der Waals surface area (Å²) < 4.78 is 6.83. The Bertz CT molecular complexity index is 577. The summed E-state index contributed by atoms with van der Waals surface area (Å²) in [5.41, 5.74) is 6.04. The molecule has 8 heteroatoms. The molecule has 8 nitrogen and oxygen atoms in total. The number of nitrogens with two attached hydrogens (primary N) is 1. The van der Waals surface area contributed by atoms with Crippen LogP contribution in [0.5, 0.6) is 0 Å². The predicted octanol–water partition coefficient (Wildman–Crippen LogP) is -0.583. The van der Waals surface area contributed by atoms with E-state index in [1.165, 1.54) is 4.57 Å². The highest BCUT2D eigenvalue weighted by Gasteiger charge is 2.35. The average molecular weight is 327 g/mol. The number of hydrogen-bond acceptors (Lipinski definition) is 7. The van der Waals surface area contributed by atoms with Gasteiger partial charge in [-0.2, -0.15) is 4.98 Å². The molecule has 0 saturated carbocycles. The molecule has 2 unspecified atom stereocenters. The molecule has 1 aromatic heterocycles. The highest BCUT2D eigenvalue weighted by Crippen LogP contribution is 2.28. The summed E-state index contributed by atoms with van der Waals surface area (Å²) in [6.45, 7) is 1.88. The molecule has 1 aliphatic rings. The Morgan fingerprint density at radius 3 is 2.87 bits per heavy atom. The zero-order valence-corrected chi connectivity index (χ0v) is 13.3. The maximum Gasteiger partial charge on any atom is 0.351 e. The first-order chi connectivity index (χ1) is 11.0. The Balaban J connectivity index is 2.18. The minimum atomic E-state index is -0.818. The second-order valence-corrected chi connectivity index (χ2v) is 6.13. The zero-order chi connectivity index (χ0) is 17.0. The van der Waals surface area contributed by atoms with Gasteiger partial charge in [-0.15, -0.1) is 0 Å². The summed E-state index contributed by atoms with van der Waals surface area (Å²) in [5.74, 6) is 0.483. The minimum absolute atomic E-state index is 0.147. The van der Waals surface area contributed by atoms with Gasteiger partial charge in [-0.05, 0) is 25.2 Å². The third-order valence-corrected chi connectivity index (χ3v) is 4.18. The average Bonchev–Trinajstić information content (AvgIpc) is 2.88. The van der Waals surface area contributed by atoms with Crippen LogP contribution in [-0.4, -0.2) is 50.3 Å². The van der Waals surface area contributed by atoms with Crippen molar-refractivity contribution in [2.45, 2.75) is 51.0 Å². The van der Waals surface area contributed by atoms with Crippen molar-refractivity contribution in [3.05, 3.63) is 22.2 Å². The first-order valence-electron chi connectivity index (χ1n) is 7.89. The number of rotatable bonds is 7. The van der Waals surface area contributed by atoms with E-state index in [9.17, 15) is 9.90 Å². The summed E-state index contributed by atoms with van der Waals surface area (Å²) in [5, 5.41) is 27.8. The van der Waals surface area contributed by atoms with Gasteiger partial charge in [-0.3, -0.25) is 4.57 Å². The van der Waals surface area contributed by atoms with Gasteiger partial charge in [-0.1, -0.05) is 6.92 Å². The van der Waals surface area contributed by atoms with Crippen LogP contribution < -0.4 is 11.4 Å². The van der Waals surface area contributed by atoms with Gasteiger partial charge in [0.2, 0.25) is 0 Å². The molecule has 130 valence electrons. The van der Waals surface area contributed by atoms with Gasteiger partial charge in [0.15, 0.2) is 0 Å². The fourth-order valence-electron chi connectivity index (χ4n) is 2.85. The van der Waals surface area contributed by atoms with E-state index >= 15 is 0 Å². The van der Waals surface area contributed by atoms with Crippen LogP contribution in [0.25, 0.3) is 0 Å². The summed E-state index contributed by atoms with van der Waals surface area (Å²) in [6.07, 6.45) is 1.86. The zero-order valence-electron chi connectivity index (χ0n) is 13.3. The fraction of sp³-hybridized carbons (Fsp3) is 0.733. The standard InChI is InChI=1S/C15H25N3O5/c1-9(3-2-4-19)5-10-7-18(15(22)17-14(10)16)13-6-11(21)12(8-20)23-13/h7,9,11-13,19-21H,2-6,8H2,1H3,(H2,16,17,22)/t9?,11?,12-,13-/m1/s1. The quantitative estimate of drug-likeness (QED) is 0.527.